The quantitative estimate of drug-likeness (QED) is 0.210. The summed E-state index contributed by atoms with van der Waals surface area (Å²) in [5.74, 6) is -0.0302. The Balaban J connectivity index is 2.03. The molecule has 0 radical (unpaired) electrons. The molecule has 0 aliphatic carbocycles. The molecule has 0 saturated heterocycles. The Bertz CT molecular complexity index is 1600. The van der Waals surface area contributed by atoms with Crippen molar-refractivity contribution >= 4 is 33.7 Å². The molecule has 0 aromatic heterocycles. The molecule has 3 aromatic rings. The lowest BCUT2D eigenvalue weighted by Crippen LogP contribution is -2.51. The SMILES string of the molecule is COc1ccc(C(N(CCCc2ccccc2)C(=O)N(CCC(C)C)C(=O)c2cccc(NC(=O)OC(C)(C)C)c2)S(N)(=O)=O)cc1. The number of ether oxygens (including phenoxy) is 2. The predicted molar refractivity (Wildman–Crippen MR) is 182 cm³/mol. The van der Waals surface area contributed by atoms with Crippen molar-refractivity contribution in [2.45, 2.75) is 64.9 Å². The zero-order valence-electron chi connectivity index (χ0n) is 27.9. The van der Waals surface area contributed by atoms with Gasteiger partial charge in [0, 0.05) is 24.3 Å². The number of imide groups is 1. The molecule has 1 unspecified atom stereocenters. The average molecular weight is 667 g/mol. The molecule has 254 valence electrons. The van der Waals surface area contributed by atoms with Crippen molar-refractivity contribution in [2.24, 2.45) is 11.1 Å². The normalized spacial score (nSPS) is 12.3. The molecule has 0 saturated carbocycles. The number of nitrogens with one attached hydrogen (secondary N) is 1. The first-order chi connectivity index (χ1) is 22.1. The average Bonchev–Trinajstić information content (AvgIpc) is 2.99. The summed E-state index contributed by atoms with van der Waals surface area (Å²) in [6.45, 7) is 9.13. The van der Waals surface area contributed by atoms with Gasteiger partial charge in [0.25, 0.3) is 5.91 Å². The van der Waals surface area contributed by atoms with Gasteiger partial charge >= 0.3 is 12.1 Å². The second kappa shape index (κ2) is 16.4. The molecule has 0 aliphatic rings. The van der Waals surface area contributed by atoms with Crippen LogP contribution in [0.25, 0.3) is 0 Å². The van der Waals surface area contributed by atoms with Crippen molar-refractivity contribution in [2.75, 3.05) is 25.5 Å². The molecule has 12 heteroatoms. The maximum atomic E-state index is 14.5. The number of carbonyl (C=O) groups is 3. The van der Waals surface area contributed by atoms with Crippen molar-refractivity contribution in [1.82, 2.24) is 9.80 Å². The first-order valence-corrected chi connectivity index (χ1v) is 17.1. The van der Waals surface area contributed by atoms with E-state index in [1.165, 1.54) is 31.4 Å². The first-order valence-electron chi connectivity index (χ1n) is 15.5. The summed E-state index contributed by atoms with van der Waals surface area (Å²) >= 11 is 0. The number of hydrogen-bond donors (Lipinski definition) is 2. The molecule has 0 spiro atoms. The minimum Gasteiger partial charge on any atom is -0.497 e. The van der Waals surface area contributed by atoms with Crippen LogP contribution in [-0.2, 0) is 21.2 Å². The van der Waals surface area contributed by atoms with Crippen molar-refractivity contribution in [1.29, 1.82) is 0 Å². The Morgan fingerprint density at radius 2 is 1.57 bits per heavy atom. The molecule has 1 atom stereocenters. The second-order valence-electron chi connectivity index (χ2n) is 12.6. The van der Waals surface area contributed by atoms with E-state index in [1.807, 2.05) is 44.2 Å². The summed E-state index contributed by atoms with van der Waals surface area (Å²) in [5, 5.41) is 6.85. The highest BCUT2D eigenvalue weighted by molar-refractivity contribution is 7.89. The molecule has 47 heavy (non-hydrogen) atoms. The molecule has 3 N–H and O–H groups in total. The van der Waals surface area contributed by atoms with E-state index in [2.05, 4.69) is 5.32 Å². The number of hydrogen-bond acceptors (Lipinski definition) is 7. The van der Waals surface area contributed by atoms with Crippen LogP contribution in [0.15, 0.2) is 78.9 Å². The molecular formula is C35H46N4O7S. The van der Waals surface area contributed by atoms with E-state index in [0.717, 1.165) is 15.4 Å². The number of benzene rings is 3. The molecule has 0 heterocycles. The van der Waals surface area contributed by atoms with Crippen LogP contribution in [0.2, 0.25) is 0 Å². The number of nitrogens with two attached hydrogens (primary N) is 1. The van der Waals surface area contributed by atoms with Gasteiger partial charge in [0.1, 0.15) is 11.4 Å². The van der Waals surface area contributed by atoms with E-state index < -0.39 is 39.0 Å². The van der Waals surface area contributed by atoms with E-state index in [-0.39, 0.29) is 30.1 Å². The number of carbonyl (C=O) groups excluding carboxylic acids is 3. The van der Waals surface area contributed by atoms with E-state index in [4.69, 9.17) is 14.6 Å². The Morgan fingerprint density at radius 1 is 0.915 bits per heavy atom. The summed E-state index contributed by atoms with van der Waals surface area (Å²) in [6, 6.07) is 21.2. The lowest BCUT2D eigenvalue weighted by atomic mass is 10.1. The molecule has 3 aromatic carbocycles. The smallest absolute Gasteiger partial charge is 0.412 e. The number of aryl methyl sites for hydroxylation is 1. The van der Waals surface area contributed by atoms with Gasteiger partial charge in [-0.05, 0) is 87.4 Å². The minimum absolute atomic E-state index is 0.00739. The van der Waals surface area contributed by atoms with E-state index in [9.17, 15) is 22.8 Å². The van der Waals surface area contributed by atoms with Gasteiger partial charge in [-0.2, -0.15) is 0 Å². The Labute approximate surface area is 278 Å². The highest BCUT2D eigenvalue weighted by Crippen LogP contribution is 2.29. The van der Waals surface area contributed by atoms with Gasteiger partial charge in [-0.1, -0.05) is 62.4 Å². The number of nitrogens with zero attached hydrogens (tertiary/aromatic N) is 2. The van der Waals surface area contributed by atoms with Crippen molar-refractivity contribution in [3.63, 3.8) is 0 Å². The second-order valence-corrected chi connectivity index (χ2v) is 14.3. The number of rotatable bonds is 13. The monoisotopic (exact) mass is 666 g/mol. The summed E-state index contributed by atoms with van der Waals surface area (Å²) < 4.78 is 37.0. The number of primary sulfonamides is 1. The number of urea groups is 1. The standard InChI is InChI=1S/C35H46N4O7S/c1-25(2)21-23-38(31(40)28-15-10-16-29(24-28)37-33(41)46-35(3,4)5)34(42)39(22-11-14-26-12-8-7-9-13-26)32(47(36,43)44)27-17-19-30(45-6)20-18-27/h7-10,12-13,15-20,24-25,32H,11,14,21-23H2,1-6H3,(H,37,41)(H2,36,43,44). The molecule has 4 amide bonds. The summed E-state index contributed by atoms with van der Waals surface area (Å²) in [4.78, 5) is 43.2. The van der Waals surface area contributed by atoms with Crippen molar-refractivity contribution < 1.29 is 32.3 Å². The largest absolute Gasteiger partial charge is 0.497 e. The summed E-state index contributed by atoms with van der Waals surface area (Å²) in [6.07, 6.45) is 0.728. The van der Waals surface area contributed by atoms with Gasteiger partial charge in [-0.3, -0.25) is 15.0 Å². The fourth-order valence-electron chi connectivity index (χ4n) is 4.86. The number of methoxy groups -OCH3 is 1. The first kappa shape index (κ1) is 37.0. The van der Waals surface area contributed by atoms with Gasteiger partial charge in [0.2, 0.25) is 10.0 Å². The Hall–Kier alpha value is -4.42. The highest BCUT2D eigenvalue weighted by Gasteiger charge is 2.38. The van der Waals surface area contributed by atoms with E-state index in [1.54, 1.807) is 45.0 Å². The fraction of sp³-hybridized carbons (Fsp3) is 0.400. The van der Waals surface area contributed by atoms with Crippen LogP contribution in [0.1, 0.15) is 74.3 Å². The van der Waals surface area contributed by atoms with Gasteiger partial charge in [0.05, 0.1) is 7.11 Å². The Kier molecular flexibility index (Phi) is 12.9. The molecule has 0 aliphatic heterocycles. The summed E-state index contributed by atoms with van der Waals surface area (Å²) in [7, 11) is -2.91. The zero-order chi connectivity index (χ0) is 34.8. The molecule has 3 rings (SSSR count). The molecule has 0 fully saturated rings. The maximum Gasteiger partial charge on any atom is 0.412 e. The van der Waals surface area contributed by atoms with Crippen molar-refractivity contribution in [3.8, 4) is 5.75 Å². The number of amides is 4. The third-order valence-corrected chi connectivity index (χ3v) is 8.26. The van der Waals surface area contributed by atoms with E-state index in [0.29, 0.717) is 30.7 Å². The van der Waals surface area contributed by atoms with Crippen LogP contribution < -0.4 is 15.2 Å². The fourth-order valence-corrected chi connectivity index (χ4v) is 5.95. The lowest BCUT2D eigenvalue weighted by molar-refractivity contribution is 0.0634. The number of anilines is 1. The molecule has 0 bridgehead atoms. The predicted octanol–water partition coefficient (Wildman–Crippen LogP) is 6.57. The topological polar surface area (TPSA) is 148 Å². The zero-order valence-corrected chi connectivity index (χ0v) is 28.8. The van der Waals surface area contributed by atoms with Gasteiger partial charge in [-0.15, -0.1) is 0 Å². The van der Waals surface area contributed by atoms with Crippen LogP contribution in [0, 0.1) is 5.92 Å². The van der Waals surface area contributed by atoms with Crippen LogP contribution in [0.5, 0.6) is 5.75 Å². The lowest BCUT2D eigenvalue weighted by Gasteiger charge is -2.35. The summed E-state index contributed by atoms with van der Waals surface area (Å²) in [5.41, 5.74) is 0.948. The van der Waals surface area contributed by atoms with Gasteiger partial charge in [0.15, 0.2) is 5.37 Å². The van der Waals surface area contributed by atoms with Gasteiger partial charge < -0.3 is 14.4 Å². The van der Waals surface area contributed by atoms with Gasteiger partial charge in [-0.25, -0.2) is 23.1 Å². The van der Waals surface area contributed by atoms with Crippen LogP contribution in [0.3, 0.4) is 0 Å². The molecule has 11 nitrogen and oxygen atoms in total. The number of sulfonamides is 1. The maximum absolute atomic E-state index is 14.5. The van der Waals surface area contributed by atoms with E-state index >= 15 is 0 Å². The highest BCUT2D eigenvalue weighted by atomic mass is 32.2. The third kappa shape index (κ3) is 11.4. The third-order valence-electron chi connectivity index (χ3n) is 7.11. The Morgan fingerprint density at radius 3 is 2.15 bits per heavy atom. The molecular weight excluding hydrogens is 620 g/mol. The minimum atomic E-state index is -4.40. The van der Waals surface area contributed by atoms with Crippen LogP contribution in [-0.4, -0.2) is 62.0 Å². The van der Waals surface area contributed by atoms with Crippen LogP contribution >= 0.6 is 0 Å². The van der Waals surface area contributed by atoms with Crippen molar-refractivity contribution in [3.05, 3.63) is 95.6 Å². The van der Waals surface area contributed by atoms with Crippen LogP contribution in [0.4, 0.5) is 15.3 Å².